The second-order valence-electron chi connectivity index (χ2n) is 8.81. The van der Waals surface area contributed by atoms with E-state index in [1.165, 1.54) is 51.6 Å². The number of methoxy groups -OCH3 is 1. The number of likely N-dealkylation sites (tertiary alicyclic amines) is 1. The van der Waals surface area contributed by atoms with Crippen molar-refractivity contribution in [1.29, 1.82) is 0 Å². The average molecular weight is 367 g/mol. The lowest BCUT2D eigenvalue weighted by molar-refractivity contribution is 0.111. The molecular formula is C21H42N4O. The molecule has 5 heteroatoms. The van der Waals surface area contributed by atoms with Crippen LogP contribution in [-0.4, -0.2) is 63.8 Å². The molecule has 0 amide bonds. The summed E-state index contributed by atoms with van der Waals surface area (Å²) in [5.74, 6) is 2.54. The summed E-state index contributed by atoms with van der Waals surface area (Å²) in [4.78, 5) is 7.49. The number of ether oxygens (including phenoxy) is 1. The Balaban J connectivity index is 1.75. The van der Waals surface area contributed by atoms with Crippen LogP contribution in [0.4, 0.5) is 0 Å². The molecule has 2 fully saturated rings. The van der Waals surface area contributed by atoms with Crippen molar-refractivity contribution in [2.24, 2.45) is 22.2 Å². The topological polar surface area (TPSA) is 48.9 Å². The normalized spacial score (nSPS) is 21.7. The molecule has 2 rings (SSSR count). The molecule has 0 spiro atoms. The molecule has 0 aromatic carbocycles. The lowest BCUT2D eigenvalue weighted by Crippen LogP contribution is -2.44. The van der Waals surface area contributed by atoms with E-state index in [1.807, 2.05) is 0 Å². The highest BCUT2D eigenvalue weighted by atomic mass is 16.5. The summed E-state index contributed by atoms with van der Waals surface area (Å²) < 4.78 is 5.19. The van der Waals surface area contributed by atoms with Crippen LogP contribution < -0.4 is 10.6 Å². The van der Waals surface area contributed by atoms with Crippen LogP contribution in [0.1, 0.15) is 59.3 Å². The van der Waals surface area contributed by atoms with Gasteiger partial charge in [0.25, 0.3) is 0 Å². The fraction of sp³-hybridized carbons (Fsp3) is 0.952. The van der Waals surface area contributed by atoms with Crippen LogP contribution in [0.15, 0.2) is 4.99 Å². The molecular weight excluding hydrogens is 324 g/mol. The van der Waals surface area contributed by atoms with E-state index in [-0.39, 0.29) is 0 Å². The van der Waals surface area contributed by atoms with Crippen LogP contribution in [0.25, 0.3) is 0 Å². The first-order valence-corrected chi connectivity index (χ1v) is 10.8. The largest absolute Gasteiger partial charge is 0.383 e. The zero-order valence-corrected chi connectivity index (χ0v) is 17.6. The second kappa shape index (κ2) is 11.1. The smallest absolute Gasteiger partial charge is 0.191 e. The zero-order valence-electron chi connectivity index (χ0n) is 17.6. The summed E-state index contributed by atoms with van der Waals surface area (Å²) in [6, 6.07) is 0. The highest BCUT2D eigenvalue weighted by Crippen LogP contribution is 2.46. The number of guanidine groups is 1. The Morgan fingerprint density at radius 1 is 1.23 bits per heavy atom. The van der Waals surface area contributed by atoms with Gasteiger partial charge in [-0.1, -0.05) is 20.3 Å². The molecule has 1 saturated carbocycles. The van der Waals surface area contributed by atoms with Gasteiger partial charge in [0, 0.05) is 33.3 Å². The van der Waals surface area contributed by atoms with Crippen LogP contribution in [0.2, 0.25) is 0 Å². The van der Waals surface area contributed by atoms with E-state index in [1.54, 1.807) is 7.11 Å². The summed E-state index contributed by atoms with van der Waals surface area (Å²) in [7, 11) is 1.78. The fourth-order valence-corrected chi connectivity index (χ4v) is 4.43. The Labute approximate surface area is 161 Å². The van der Waals surface area contributed by atoms with E-state index >= 15 is 0 Å². The van der Waals surface area contributed by atoms with Gasteiger partial charge in [-0.2, -0.15) is 0 Å². The molecule has 1 saturated heterocycles. The molecule has 2 aliphatic rings. The molecule has 0 aromatic heterocycles. The van der Waals surface area contributed by atoms with Crippen molar-refractivity contribution in [1.82, 2.24) is 15.5 Å². The number of hydrogen-bond donors (Lipinski definition) is 2. The zero-order chi connectivity index (χ0) is 18.8. The minimum Gasteiger partial charge on any atom is -0.383 e. The van der Waals surface area contributed by atoms with Crippen molar-refractivity contribution in [2.75, 3.05) is 53.0 Å². The van der Waals surface area contributed by atoms with Gasteiger partial charge in [0.05, 0.1) is 6.61 Å². The van der Waals surface area contributed by atoms with Gasteiger partial charge in [-0.15, -0.1) is 0 Å². The van der Waals surface area contributed by atoms with E-state index in [0.717, 1.165) is 50.6 Å². The molecule has 0 atom stereocenters. The standard InChI is InChI=1S/C21H42N4O/c1-5-22-20(24-17-21(9-6-10-21)15-18(2)3)23-16-19-7-11-25(12-8-19)13-14-26-4/h18-19H,5-17H2,1-4H3,(H2,22,23,24). The Bertz CT molecular complexity index is 412. The minimum atomic E-state index is 0.475. The molecule has 1 aliphatic heterocycles. The second-order valence-corrected chi connectivity index (χ2v) is 8.81. The predicted octanol–water partition coefficient (Wildman–Crippen LogP) is 3.12. The van der Waals surface area contributed by atoms with Crippen LogP contribution in [-0.2, 0) is 4.74 Å². The number of nitrogens with zero attached hydrogens (tertiary/aromatic N) is 2. The number of nitrogens with one attached hydrogen (secondary N) is 2. The lowest BCUT2D eigenvalue weighted by Gasteiger charge is -2.42. The van der Waals surface area contributed by atoms with Gasteiger partial charge in [0.15, 0.2) is 5.96 Å². The lowest BCUT2D eigenvalue weighted by atomic mass is 9.64. The maximum atomic E-state index is 5.19. The van der Waals surface area contributed by atoms with E-state index in [0.29, 0.717) is 5.41 Å². The summed E-state index contributed by atoms with van der Waals surface area (Å²) in [6.45, 7) is 14.1. The van der Waals surface area contributed by atoms with Gasteiger partial charge < -0.3 is 20.3 Å². The SMILES string of the molecule is CCNC(=NCC1(CC(C)C)CCC1)NCC1CCN(CCOC)CC1. The number of aliphatic imine (C=N–C) groups is 1. The van der Waals surface area contributed by atoms with Crippen molar-refractivity contribution in [3.63, 3.8) is 0 Å². The molecule has 1 aliphatic carbocycles. The van der Waals surface area contributed by atoms with Gasteiger partial charge in [-0.3, -0.25) is 4.99 Å². The number of hydrogen-bond acceptors (Lipinski definition) is 3. The quantitative estimate of drug-likeness (QED) is 0.461. The van der Waals surface area contributed by atoms with Crippen LogP contribution in [0.5, 0.6) is 0 Å². The van der Waals surface area contributed by atoms with Gasteiger partial charge in [0.2, 0.25) is 0 Å². The van der Waals surface area contributed by atoms with E-state index in [2.05, 4.69) is 36.3 Å². The van der Waals surface area contributed by atoms with Crippen molar-refractivity contribution >= 4 is 5.96 Å². The van der Waals surface area contributed by atoms with E-state index < -0.39 is 0 Å². The Kier molecular flexibility index (Phi) is 9.20. The van der Waals surface area contributed by atoms with Crippen molar-refractivity contribution < 1.29 is 4.74 Å². The maximum absolute atomic E-state index is 5.19. The third-order valence-corrected chi connectivity index (χ3v) is 6.05. The molecule has 2 N–H and O–H groups in total. The molecule has 0 radical (unpaired) electrons. The average Bonchev–Trinajstić information content (AvgIpc) is 2.60. The van der Waals surface area contributed by atoms with Gasteiger partial charge >= 0.3 is 0 Å². The summed E-state index contributed by atoms with van der Waals surface area (Å²) in [5.41, 5.74) is 0.475. The molecule has 0 bridgehead atoms. The first-order chi connectivity index (χ1) is 12.6. The van der Waals surface area contributed by atoms with E-state index in [4.69, 9.17) is 9.73 Å². The van der Waals surface area contributed by atoms with Gasteiger partial charge in [-0.25, -0.2) is 0 Å². The Morgan fingerprint density at radius 3 is 2.50 bits per heavy atom. The molecule has 26 heavy (non-hydrogen) atoms. The fourth-order valence-electron chi connectivity index (χ4n) is 4.43. The van der Waals surface area contributed by atoms with Crippen molar-refractivity contribution in [3.05, 3.63) is 0 Å². The van der Waals surface area contributed by atoms with Gasteiger partial charge in [0.1, 0.15) is 0 Å². The predicted molar refractivity (Wildman–Crippen MR) is 111 cm³/mol. The molecule has 5 nitrogen and oxygen atoms in total. The Hall–Kier alpha value is -0.810. The highest BCUT2D eigenvalue weighted by molar-refractivity contribution is 5.79. The minimum absolute atomic E-state index is 0.475. The third kappa shape index (κ3) is 7.07. The van der Waals surface area contributed by atoms with Crippen LogP contribution >= 0.6 is 0 Å². The van der Waals surface area contributed by atoms with Crippen molar-refractivity contribution in [2.45, 2.75) is 59.3 Å². The molecule has 1 heterocycles. The molecule has 0 unspecified atom stereocenters. The van der Waals surface area contributed by atoms with E-state index in [9.17, 15) is 0 Å². The highest BCUT2D eigenvalue weighted by Gasteiger charge is 2.37. The summed E-state index contributed by atoms with van der Waals surface area (Å²) in [5, 5.41) is 7.06. The summed E-state index contributed by atoms with van der Waals surface area (Å²) >= 11 is 0. The number of piperidine rings is 1. The molecule has 152 valence electrons. The number of rotatable bonds is 10. The van der Waals surface area contributed by atoms with Crippen LogP contribution in [0, 0.1) is 17.3 Å². The third-order valence-electron chi connectivity index (χ3n) is 6.05. The first-order valence-electron chi connectivity index (χ1n) is 10.8. The maximum Gasteiger partial charge on any atom is 0.191 e. The van der Waals surface area contributed by atoms with Crippen molar-refractivity contribution in [3.8, 4) is 0 Å². The van der Waals surface area contributed by atoms with Crippen LogP contribution in [0.3, 0.4) is 0 Å². The molecule has 0 aromatic rings. The van der Waals surface area contributed by atoms with Gasteiger partial charge in [-0.05, 0) is 69.4 Å². The monoisotopic (exact) mass is 366 g/mol. The summed E-state index contributed by atoms with van der Waals surface area (Å²) in [6.07, 6.45) is 7.95. The Morgan fingerprint density at radius 2 is 1.96 bits per heavy atom. The first kappa shape index (κ1) is 21.5.